The van der Waals surface area contributed by atoms with E-state index in [-0.39, 0.29) is 0 Å². The second kappa shape index (κ2) is 4.01. The van der Waals surface area contributed by atoms with Gasteiger partial charge in [-0.05, 0) is 28.9 Å². The molecular weight excluding hydrogens is 238 g/mol. The first-order chi connectivity index (χ1) is 8.43. The summed E-state index contributed by atoms with van der Waals surface area (Å²) in [4.78, 5) is 1.48. The Balaban J connectivity index is 1.56. The zero-order valence-electron chi connectivity index (χ0n) is 11.8. The average Bonchev–Trinajstić information content (AvgIpc) is 2.66. The first-order valence-electron chi connectivity index (χ1n) is 6.91. The standard InChI is InChI=1S/C16H23NS/c1-15(2)14(16(15,3)4)17-10-12-9-11-7-5-6-8-13(11)18-12/h5-8,12,14,17H,9-10H2,1-4H3. The lowest BCUT2D eigenvalue weighted by Gasteiger charge is -2.11. The number of benzene rings is 1. The van der Waals surface area contributed by atoms with Crippen molar-refractivity contribution in [1.82, 2.24) is 5.32 Å². The van der Waals surface area contributed by atoms with Crippen LogP contribution in [0.25, 0.3) is 0 Å². The van der Waals surface area contributed by atoms with Crippen LogP contribution in [0.4, 0.5) is 0 Å². The summed E-state index contributed by atoms with van der Waals surface area (Å²) < 4.78 is 0. The fourth-order valence-corrected chi connectivity index (χ4v) is 4.59. The highest BCUT2D eigenvalue weighted by Crippen LogP contribution is 2.62. The lowest BCUT2D eigenvalue weighted by molar-refractivity contribution is 0.457. The molecule has 0 amide bonds. The second-order valence-electron chi connectivity index (χ2n) is 6.84. The number of rotatable bonds is 3. The lowest BCUT2D eigenvalue weighted by Crippen LogP contribution is -2.29. The molecule has 1 unspecified atom stereocenters. The second-order valence-corrected chi connectivity index (χ2v) is 8.18. The molecule has 3 rings (SSSR count). The van der Waals surface area contributed by atoms with Gasteiger partial charge < -0.3 is 5.32 Å². The molecule has 0 saturated heterocycles. The van der Waals surface area contributed by atoms with Crippen LogP contribution in [0.1, 0.15) is 33.3 Å². The van der Waals surface area contributed by atoms with Gasteiger partial charge in [-0.25, -0.2) is 0 Å². The summed E-state index contributed by atoms with van der Waals surface area (Å²) in [5.74, 6) is 0. The van der Waals surface area contributed by atoms with Crippen molar-refractivity contribution < 1.29 is 0 Å². The molecule has 1 fully saturated rings. The van der Waals surface area contributed by atoms with E-state index in [2.05, 4.69) is 57.3 Å². The third kappa shape index (κ3) is 1.81. The summed E-state index contributed by atoms with van der Waals surface area (Å²) in [6.45, 7) is 10.6. The molecule has 1 aromatic rings. The monoisotopic (exact) mass is 261 g/mol. The highest BCUT2D eigenvalue weighted by molar-refractivity contribution is 8.00. The van der Waals surface area contributed by atoms with E-state index in [0.717, 1.165) is 11.8 Å². The van der Waals surface area contributed by atoms with Crippen molar-refractivity contribution in [3.8, 4) is 0 Å². The van der Waals surface area contributed by atoms with E-state index in [0.29, 0.717) is 16.9 Å². The van der Waals surface area contributed by atoms with Crippen LogP contribution in [0.5, 0.6) is 0 Å². The highest BCUT2D eigenvalue weighted by Gasteiger charge is 2.64. The zero-order valence-corrected chi connectivity index (χ0v) is 12.6. The number of fused-ring (bicyclic) bond motifs is 1. The van der Waals surface area contributed by atoms with E-state index in [1.807, 2.05) is 11.8 Å². The Kier molecular flexibility index (Phi) is 2.80. The van der Waals surface area contributed by atoms with Gasteiger partial charge in [0.05, 0.1) is 0 Å². The molecule has 1 saturated carbocycles. The third-order valence-corrected chi connectivity index (χ3v) is 6.60. The number of hydrogen-bond donors (Lipinski definition) is 1. The fraction of sp³-hybridized carbons (Fsp3) is 0.625. The Morgan fingerprint density at radius 3 is 2.44 bits per heavy atom. The van der Waals surface area contributed by atoms with E-state index < -0.39 is 0 Å². The Morgan fingerprint density at radius 2 is 1.83 bits per heavy atom. The third-order valence-electron chi connectivity index (χ3n) is 5.28. The van der Waals surface area contributed by atoms with Gasteiger partial charge in [-0.3, -0.25) is 0 Å². The summed E-state index contributed by atoms with van der Waals surface area (Å²) in [5.41, 5.74) is 2.43. The summed E-state index contributed by atoms with van der Waals surface area (Å²) in [6, 6.07) is 9.50. The lowest BCUT2D eigenvalue weighted by atomic mass is 10.0. The zero-order chi connectivity index (χ0) is 13.0. The maximum atomic E-state index is 3.79. The smallest absolute Gasteiger partial charge is 0.0260 e. The van der Waals surface area contributed by atoms with Crippen LogP contribution in [0.2, 0.25) is 0 Å². The molecule has 98 valence electrons. The van der Waals surface area contributed by atoms with Gasteiger partial charge in [-0.1, -0.05) is 45.9 Å². The number of hydrogen-bond acceptors (Lipinski definition) is 2. The summed E-state index contributed by atoms with van der Waals surface area (Å²) in [7, 11) is 0. The summed E-state index contributed by atoms with van der Waals surface area (Å²) in [6.07, 6.45) is 1.22. The van der Waals surface area contributed by atoms with E-state index in [1.165, 1.54) is 16.9 Å². The van der Waals surface area contributed by atoms with Crippen LogP contribution >= 0.6 is 11.8 Å². The molecule has 18 heavy (non-hydrogen) atoms. The Morgan fingerprint density at radius 1 is 1.17 bits per heavy atom. The van der Waals surface area contributed by atoms with Crippen LogP contribution in [-0.4, -0.2) is 17.8 Å². The largest absolute Gasteiger partial charge is 0.312 e. The molecule has 1 nitrogen and oxygen atoms in total. The van der Waals surface area contributed by atoms with Gasteiger partial charge in [0.1, 0.15) is 0 Å². The normalized spacial score (nSPS) is 28.1. The first kappa shape index (κ1) is 12.6. The molecule has 2 heteroatoms. The van der Waals surface area contributed by atoms with Crippen molar-refractivity contribution in [1.29, 1.82) is 0 Å². The van der Waals surface area contributed by atoms with Crippen molar-refractivity contribution in [3.05, 3.63) is 29.8 Å². The predicted molar refractivity (Wildman–Crippen MR) is 79.1 cm³/mol. The van der Waals surface area contributed by atoms with Crippen molar-refractivity contribution >= 4 is 11.8 Å². The molecule has 1 aromatic carbocycles. The predicted octanol–water partition coefficient (Wildman–Crippen LogP) is 3.73. The first-order valence-corrected chi connectivity index (χ1v) is 7.79. The van der Waals surface area contributed by atoms with Crippen molar-refractivity contribution in [3.63, 3.8) is 0 Å². The molecule has 1 aliphatic carbocycles. The molecule has 1 N–H and O–H groups in total. The number of thioether (sulfide) groups is 1. The van der Waals surface area contributed by atoms with E-state index in [9.17, 15) is 0 Å². The molecule has 0 aromatic heterocycles. The quantitative estimate of drug-likeness (QED) is 0.890. The average molecular weight is 261 g/mol. The minimum Gasteiger partial charge on any atom is -0.312 e. The maximum Gasteiger partial charge on any atom is 0.0260 e. The molecule has 0 bridgehead atoms. The van der Waals surface area contributed by atoms with E-state index in [1.54, 1.807) is 0 Å². The van der Waals surface area contributed by atoms with Crippen LogP contribution in [-0.2, 0) is 6.42 Å². The fourth-order valence-electron chi connectivity index (χ4n) is 3.32. The molecule has 2 aliphatic rings. The molecular formula is C16H23NS. The van der Waals surface area contributed by atoms with Crippen molar-refractivity contribution in [2.24, 2.45) is 10.8 Å². The van der Waals surface area contributed by atoms with Gasteiger partial charge in [0.25, 0.3) is 0 Å². The summed E-state index contributed by atoms with van der Waals surface area (Å²) in [5, 5.41) is 4.51. The van der Waals surface area contributed by atoms with Crippen LogP contribution in [0.3, 0.4) is 0 Å². The molecule has 0 spiro atoms. The molecule has 1 heterocycles. The van der Waals surface area contributed by atoms with Crippen molar-refractivity contribution in [2.75, 3.05) is 6.54 Å². The Hall–Kier alpha value is -0.470. The Labute approximate surface area is 115 Å². The number of nitrogens with one attached hydrogen (secondary N) is 1. The van der Waals surface area contributed by atoms with E-state index >= 15 is 0 Å². The molecule has 1 aliphatic heterocycles. The minimum absolute atomic E-state index is 0.448. The topological polar surface area (TPSA) is 12.0 Å². The maximum absolute atomic E-state index is 3.79. The van der Waals surface area contributed by atoms with Gasteiger partial charge in [0, 0.05) is 22.7 Å². The molecule has 0 radical (unpaired) electrons. The van der Waals surface area contributed by atoms with Gasteiger partial charge in [0.15, 0.2) is 0 Å². The van der Waals surface area contributed by atoms with Crippen LogP contribution in [0, 0.1) is 10.8 Å². The van der Waals surface area contributed by atoms with Crippen LogP contribution in [0.15, 0.2) is 29.2 Å². The SMILES string of the molecule is CC1(C)C(NCC2Cc3ccccc3S2)C1(C)C. The van der Waals surface area contributed by atoms with Gasteiger partial charge in [-0.15, -0.1) is 11.8 Å². The van der Waals surface area contributed by atoms with Crippen LogP contribution < -0.4 is 5.32 Å². The van der Waals surface area contributed by atoms with Gasteiger partial charge in [0.2, 0.25) is 0 Å². The highest BCUT2D eigenvalue weighted by atomic mass is 32.2. The van der Waals surface area contributed by atoms with Crippen molar-refractivity contribution in [2.45, 2.75) is 50.3 Å². The minimum atomic E-state index is 0.448. The van der Waals surface area contributed by atoms with Gasteiger partial charge in [-0.2, -0.15) is 0 Å². The summed E-state index contributed by atoms with van der Waals surface area (Å²) >= 11 is 2.04. The van der Waals surface area contributed by atoms with E-state index in [4.69, 9.17) is 0 Å². The molecule has 1 atom stereocenters. The Bertz CT molecular complexity index is 425. The van der Waals surface area contributed by atoms with Gasteiger partial charge >= 0.3 is 0 Å².